The Morgan fingerprint density at radius 3 is 2.62 bits per heavy atom. The summed E-state index contributed by atoms with van der Waals surface area (Å²) in [7, 11) is 0. The summed E-state index contributed by atoms with van der Waals surface area (Å²) >= 11 is 0. The van der Waals surface area contributed by atoms with Gasteiger partial charge in [-0.25, -0.2) is 8.78 Å². The van der Waals surface area contributed by atoms with Crippen molar-refractivity contribution in [2.45, 2.75) is 25.5 Å². The molecule has 1 aliphatic heterocycles. The monoisotopic (exact) mass is 227 g/mol. The quantitative estimate of drug-likeness (QED) is 0.834. The first kappa shape index (κ1) is 11.5. The van der Waals surface area contributed by atoms with Crippen LogP contribution in [-0.2, 0) is 6.54 Å². The van der Waals surface area contributed by atoms with E-state index in [0.29, 0.717) is 24.9 Å². The van der Waals surface area contributed by atoms with Crippen molar-refractivity contribution in [1.82, 2.24) is 4.90 Å². The van der Waals surface area contributed by atoms with E-state index in [1.165, 1.54) is 6.07 Å². The van der Waals surface area contributed by atoms with Gasteiger partial charge in [0.05, 0.1) is 6.10 Å². The molecular formula is C12H15F2NO. The van der Waals surface area contributed by atoms with Gasteiger partial charge in [0.2, 0.25) is 0 Å². The third kappa shape index (κ3) is 2.77. The SMILES string of the molecule is OC1CCN(Cc2cc(F)ccc2F)CC1. The minimum absolute atomic E-state index is 0.242. The lowest BCUT2D eigenvalue weighted by atomic mass is 10.1. The molecule has 2 nitrogen and oxygen atoms in total. The minimum atomic E-state index is -0.409. The normalized spacial score (nSPS) is 18.9. The first-order valence-corrected chi connectivity index (χ1v) is 5.49. The number of aliphatic hydroxyl groups is 1. The molecule has 0 radical (unpaired) electrons. The van der Waals surface area contributed by atoms with Gasteiger partial charge in [-0.2, -0.15) is 0 Å². The van der Waals surface area contributed by atoms with E-state index in [2.05, 4.69) is 0 Å². The molecule has 1 heterocycles. The van der Waals surface area contributed by atoms with Crippen LogP contribution in [0.1, 0.15) is 18.4 Å². The number of aliphatic hydroxyl groups excluding tert-OH is 1. The van der Waals surface area contributed by atoms with Crippen molar-refractivity contribution in [3.63, 3.8) is 0 Å². The molecule has 0 saturated carbocycles. The molecule has 1 aromatic rings. The molecule has 1 aliphatic rings. The summed E-state index contributed by atoms with van der Waals surface area (Å²) in [6.45, 7) is 1.88. The average molecular weight is 227 g/mol. The number of hydrogen-bond acceptors (Lipinski definition) is 2. The number of hydrogen-bond donors (Lipinski definition) is 1. The molecule has 1 N–H and O–H groups in total. The van der Waals surface area contributed by atoms with Crippen LogP contribution in [0.4, 0.5) is 8.78 Å². The molecule has 1 fully saturated rings. The fourth-order valence-electron chi connectivity index (χ4n) is 1.98. The van der Waals surface area contributed by atoms with Gasteiger partial charge in [-0.1, -0.05) is 0 Å². The van der Waals surface area contributed by atoms with E-state index < -0.39 is 5.82 Å². The number of piperidine rings is 1. The van der Waals surface area contributed by atoms with Crippen molar-refractivity contribution in [3.05, 3.63) is 35.4 Å². The molecule has 0 unspecified atom stereocenters. The summed E-state index contributed by atoms with van der Waals surface area (Å²) in [4.78, 5) is 2.03. The van der Waals surface area contributed by atoms with E-state index >= 15 is 0 Å². The standard InChI is InChI=1S/C12H15F2NO/c13-10-1-2-12(14)9(7-10)8-15-5-3-11(16)4-6-15/h1-2,7,11,16H,3-6,8H2. The Labute approximate surface area is 93.5 Å². The third-order valence-electron chi connectivity index (χ3n) is 2.96. The largest absolute Gasteiger partial charge is 0.393 e. The van der Waals surface area contributed by atoms with Crippen LogP contribution in [0.2, 0.25) is 0 Å². The van der Waals surface area contributed by atoms with Gasteiger partial charge in [-0.05, 0) is 31.0 Å². The second-order valence-corrected chi connectivity index (χ2v) is 4.24. The highest BCUT2D eigenvalue weighted by atomic mass is 19.1. The van der Waals surface area contributed by atoms with Crippen LogP contribution in [0.15, 0.2) is 18.2 Å². The Morgan fingerprint density at radius 1 is 1.25 bits per heavy atom. The van der Waals surface area contributed by atoms with Crippen LogP contribution in [0.25, 0.3) is 0 Å². The first-order chi connectivity index (χ1) is 7.65. The molecule has 0 bridgehead atoms. The van der Waals surface area contributed by atoms with Gasteiger partial charge in [0.15, 0.2) is 0 Å². The fourth-order valence-corrected chi connectivity index (χ4v) is 1.98. The highest BCUT2D eigenvalue weighted by Crippen LogP contribution is 2.16. The Morgan fingerprint density at radius 2 is 1.94 bits per heavy atom. The maximum absolute atomic E-state index is 13.4. The van der Waals surface area contributed by atoms with E-state index in [1.807, 2.05) is 4.90 Å². The van der Waals surface area contributed by atoms with Crippen LogP contribution >= 0.6 is 0 Å². The molecule has 0 spiro atoms. The smallest absolute Gasteiger partial charge is 0.127 e. The van der Waals surface area contributed by atoms with Crippen molar-refractivity contribution in [3.8, 4) is 0 Å². The summed E-state index contributed by atoms with van der Waals surface area (Å²) < 4.78 is 26.3. The lowest BCUT2D eigenvalue weighted by molar-refractivity contribution is 0.0787. The summed E-state index contributed by atoms with van der Waals surface area (Å²) in [5.41, 5.74) is 0.386. The van der Waals surface area contributed by atoms with Crippen molar-refractivity contribution in [2.75, 3.05) is 13.1 Å². The third-order valence-corrected chi connectivity index (χ3v) is 2.96. The number of benzene rings is 1. The summed E-state index contributed by atoms with van der Waals surface area (Å²) in [6.07, 6.45) is 1.17. The maximum Gasteiger partial charge on any atom is 0.127 e. The molecule has 0 aromatic heterocycles. The summed E-state index contributed by atoms with van der Waals surface area (Å²) in [5, 5.41) is 9.33. The maximum atomic E-state index is 13.4. The minimum Gasteiger partial charge on any atom is -0.393 e. The van der Waals surface area contributed by atoms with Gasteiger partial charge in [0.25, 0.3) is 0 Å². The molecule has 88 valence electrons. The van der Waals surface area contributed by atoms with Gasteiger partial charge >= 0.3 is 0 Å². The highest BCUT2D eigenvalue weighted by Gasteiger charge is 2.18. The van der Waals surface area contributed by atoms with Crippen LogP contribution in [0, 0.1) is 11.6 Å². The number of halogens is 2. The Balaban J connectivity index is 2.00. The second-order valence-electron chi connectivity index (χ2n) is 4.24. The van der Waals surface area contributed by atoms with Crippen LogP contribution < -0.4 is 0 Å². The van der Waals surface area contributed by atoms with Crippen molar-refractivity contribution >= 4 is 0 Å². The van der Waals surface area contributed by atoms with Gasteiger partial charge in [0, 0.05) is 25.2 Å². The second kappa shape index (κ2) is 4.89. The van der Waals surface area contributed by atoms with E-state index in [-0.39, 0.29) is 11.9 Å². The van der Waals surface area contributed by atoms with E-state index in [0.717, 1.165) is 25.2 Å². The van der Waals surface area contributed by atoms with Gasteiger partial charge in [0.1, 0.15) is 11.6 Å². The lowest BCUT2D eigenvalue weighted by Crippen LogP contribution is -2.35. The Kier molecular flexibility index (Phi) is 3.51. The molecule has 2 rings (SSSR count). The molecule has 1 aromatic carbocycles. The predicted octanol–water partition coefficient (Wildman–Crippen LogP) is 1.92. The van der Waals surface area contributed by atoms with Gasteiger partial charge < -0.3 is 5.11 Å². The van der Waals surface area contributed by atoms with E-state index in [9.17, 15) is 13.9 Å². The van der Waals surface area contributed by atoms with Crippen molar-refractivity contribution < 1.29 is 13.9 Å². The number of likely N-dealkylation sites (tertiary alicyclic amines) is 1. The zero-order valence-corrected chi connectivity index (χ0v) is 9.00. The zero-order valence-electron chi connectivity index (χ0n) is 9.00. The molecule has 0 amide bonds. The average Bonchev–Trinajstić information content (AvgIpc) is 2.27. The van der Waals surface area contributed by atoms with Crippen molar-refractivity contribution in [1.29, 1.82) is 0 Å². The van der Waals surface area contributed by atoms with Crippen LogP contribution in [0.5, 0.6) is 0 Å². The van der Waals surface area contributed by atoms with E-state index in [4.69, 9.17) is 0 Å². The Hall–Kier alpha value is -1.00. The molecule has 16 heavy (non-hydrogen) atoms. The molecule has 4 heteroatoms. The van der Waals surface area contributed by atoms with Crippen LogP contribution in [0.3, 0.4) is 0 Å². The van der Waals surface area contributed by atoms with Crippen molar-refractivity contribution in [2.24, 2.45) is 0 Å². The first-order valence-electron chi connectivity index (χ1n) is 5.49. The Bertz CT molecular complexity index is 362. The molecule has 1 saturated heterocycles. The summed E-state index contributed by atoms with van der Waals surface area (Å²) in [5.74, 6) is -0.777. The molecule has 0 aliphatic carbocycles. The highest BCUT2D eigenvalue weighted by molar-refractivity contribution is 5.18. The molecular weight excluding hydrogens is 212 g/mol. The van der Waals surface area contributed by atoms with E-state index in [1.54, 1.807) is 0 Å². The van der Waals surface area contributed by atoms with Gasteiger partial charge in [-0.15, -0.1) is 0 Å². The lowest BCUT2D eigenvalue weighted by Gasteiger charge is -2.29. The number of nitrogens with zero attached hydrogens (tertiary/aromatic N) is 1. The summed E-state index contributed by atoms with van der Waals surface area (Å²) in [6, 6.07) is 3.52. The van der Waals surface area contributed by atoms with Crippen LogP contribution in [-0.4, -0.2) is 29.2 Å². The topological polar surface area (TPSA) is 23.5 Å². The number of rotatable bonds is 2. The molecule has 0 atom stereocenters. The predicted molar refractivity (Wildman–Crippen MR) is 56.9 cm³/mol. The zero-order chi connectivity index (χ0) is 11.5. The fraction of sp³-hybridized carbons (Fsp3) is 0.500. The van der Waals surface area contributed by atoms with Gasteiger partial charge in [-0.3, -0.25) is 4.90 Å².